The molecule has 7 atom stereocenters. The Balaban J connectivity index is 1.19. The topological polar surface area (TPSA) is 174 Å². The summed E-state index contributed by atoms with van der Waals surface area (Å²) >= 11 is 0. The number of nitrogens with zero attached hydrogens (tertiary/aromatic N) is 4. The van der Waals surface area contributed by atoms with Crippen molar-refractivity contribution >= 4 is 34.9 Å². The highest BCUT2D eigenvalue weighted by Gasteiger charge is 2.43. The minimum atomic E-state index is -1.21. The molecule has 8 rings (SSSR count). The van der Waals surface area contributed by atoms with E-state index in [1.807, 2.05) is 39.0 Å². The van der Waals surface area contributed by atoms with Crippen LogP contribution in [0.1, 0.15) is 103 Å². The first-order valence-corrected chi connectivity index (χ1v) is 24.5. The quantitative estimate of drug-likeness (QED) is 0.137. The standard InChI is InChI=1S/C53H70N6O9/c1-9-58-42-16-15-35-27-39(42)40(48(58)38-13-10-20-54-46(38)33(4)65-8)28-52(5,6)30-66-31-53(29-60)19-12-21-59(56-53)50(63)41(25-34-23-36(35)26-37(61)24-34)55-49(62)47(32(2)3)57(7)51(64)45-18-17-44(68-45)43-14-11-22-67-43/h10,13,15-16,20,23-24,26-27,29,32-33,41,43-45,47,56,61H,9,11-12,14,17-19,21-22,25,28,30-31H2,1-8H3,(H,55,62)/t33-,41-,43?,44?,45?,47-,53-/m0/s1. The number of phenolic OH excluding ortho intramolecular Hbond substituents is 1. The third kappa shape index (κ3) is 10.1. The fourth-order valence-corrected chi connectivity index (χ4v) is 11.0. The number of aromatic hydroxyl groups is 1. The number of nitrogens with one attached hydrogen (secondary N) is 2. The second-order valence-corrected chi connectivity index (χ2v) is 20.5. The van der Waals surface area contributed by atoms with Crippen LogP contribution in [0.5, 0.6) is 5.75 Å². The number of ether oxygens (including phenoxy) is 4. The number of benzene rings is 2. The van der Waals surface area contributed by atoms with Crippen LogP contribution in [-0.2, 0) is 57.5 Å². The van der Waals surface area contributed by atoms with Crippen LogP contribution in [0.4, 0.5) is 0 Å². The van der Waals surface area contributed by atoms with E-state index >= 15 is 0 Å². The number of pyridine rings is 1. The molecule has 15 nitrogen and oxygen atoms in total. The Labute approximate surface area is 400 Å². The Morgan fingerprint density at radius 3 is 2.59 bits per heavy atom. The van der Waals surface area contributed by atoms with Crippen LogP contribution in [0, 0.1) is 11.3 Å². The highest BCUT2D eigenvalue weighted by Crippen LogP contribution is 2.42. The number of aryl methyl sites for hydroxylation is 1. The summed E-state index contributed by atoms with van der Waals surface area (Å²) in [6.07, 6.45) is 6.10. The number of phenols is 1. The number of methoxy groups -OCH3 is 1. The molecule has 3 fully saturated rings. The third-order valence-electron chi connectivity index (χ3n) is 14.4. The average Bonchev–Trinajstić information content (AvgIpc) is 4.10. The van der Waals surface area contributed by atoms with E-state index in [9.17, 15) is 24.3 Å². The number of amides is 3. The highest BCUT2D eigenvalue weighted by molar-refractivity contribution is 5.96. The molecule has 366 valence electrons. The summed E-state index contributed by atoms with van der Waals surface area (Å²) in [4.78, 5) is 63.0. The van der Waals surface area contributed by atoms with Gasteiger partial charge in [-0.2, -0.15) is 0 Å². The monoisotopic (exact) mass is 935 g/mol. The minimum Gasteiger partial charge on any atom is -0.508 e. The summed E-state index contributed by atoms with van der Waals surface area (Å²) in [5, 5.41) is 16.9. The molecular formula is C53H70N6O9. The van der Waals surface area contributed by atoms with Gasteiger partial charge >= 0.3 is 0 Å². The van der Waals surface area contributed by atoms with E-state index in [1.54, 1.807) is 32.5 Å². The van der Waals surface area contributed by atoms with Crippen molar-refractivity contribution in [1.82, 2.24) is 30.2 Å². The van der Waals surface area contributed by atoms with Gasteiger partial charge in [-0.15, -0.1) is 0 Å². The molecule has 0 spiro atoms. The summed E-state index contributed by atoms with van der Waals surface area (Å²) in [5.74, 6) is -1.57. The first-order valence-electron chi connectivity index (χ1n) is 24.5. The Morgan fingerprint density at radius 2 is 1.87 bits per heavy atom. The lowest BCUT2D eigenvalue weighted by molar-refractivity contribution is -0.152. The lowest BCUT2D eigenvalue weighted by atomic mass is 9.84. The van der Waals surface area contributed by atoms with Gasteiger partial charge in [0.15, 0.2) is 0 Å². The van der Waals surface area contributed by atoms with E-state index in [-0.39, 0.29) is 55.5 Å². The van der Waals surface area contributed by atoms with E-state index in [4.69, 9.17) is 23.9 Å². The molecule has 0 radical (unpaired) electrons. The van der Waals surface area contributed by atoms with Crippen molar-refractivity contribution in [3.8, 4) is 28.1 Å². The molecule has 0 saturated carbocycles. The summed E-state index contributed by atoms with van der Waals surface area (Å²) in [6.45, 7) is 14.2. The Morgan fingerprint density at radius 1 is 1.06 bits per heavy atom. The normalized spacial score (nSPS) is 25.2. The zero-order valence-electron chi connectivity index (χ0n) is 41.0. The van der Waals surface area contributed by atoms with Crippen LogP contribution in [0.15, 0.2) is 54.7 Å². The predicted molar refractivity (Wildman–Crippen MR) is 258 cm³/mol. The van der Waals surface area contributed by atoms with Gasteiger partial charge in [0.2, 0.25) is 5.91 Å². The molecule has 4 aliphatic heterocycles. The third-order valence-corrected chi connectivity index (χ3v) is 14.4. The molecule has 15 heteroatoms. The Bertz CT molecular complexity index is 2500. The van der Waals surface area contributed by atoms with Gasteiger partial charge in [0.25, 0.3) is 11.8 Å². The maximum Gasteiger partial charge on any atom is 0.259 e. The van der Waals surface area contributed by atoms with E-state index in [1.165, 1.54) is 9.91 Å². The predicted octanol–water partition coefficient (Wildman–Crippen LogP) is 6.70. The molecule has 68 heavy (non-hydrogen) atoms. The molecule has 6 bridgehead atoms. The summed E-state index contributed by atoms with van der Waals surface area (Å²) in [7, 11) is 3.30. The first kappa shape index (κ1) is 49.2. The van der Waals surface area contributed by atoms with Gasteiger partial charge in [-0.05, 0) is 129 Å². The van der Waals surface area contributed by atoms with Crippen molar-refractivity contribution < 1.29 is 43.2 Å². The number of hydrogen-bond acceptors (Lipinski definition) is 11. The Hall–Kier alpha value is -5.19. The van der Waals surface area contributed by atoms with E-state index < -0.39 is 41.0 Å². The van der Waals surface area contributed by atoms with Crippen LogP contribution in [0.25, 0.3) is 33.3 Å². The average molecular weight is 935 g/mol. The van der Waals surface area contributed by atoms with Gasteiger partial charge in [0.1, 0.15) is 35.8 Å². The van der Waals surface area contributed by atoms with E-state index in [2.05, 4.69) is 54.3 Å². The largest absolute Gasteiger partial charge is 0.508 e. The molecule has 3 N–H and O–H groups in total. The van der Waals surface area contributed by atoms with Crippen molar-refractivity contribution in [3.05, 3.63) is 71.5 Å². The molecule has 3 amide bonds. The number of carbonyl (C=O) groups excluding carboxylic acids is 4. The lowest BCUT2D eigenvalue weighted by Crippen LogP contribution is -2.66. The molecule has 3 saturated heterocycles. The fourth-order valence-electron chi connectivity index (χ4n) is 11.0. The summed E-state index contributed by atoms with van der Waals surface area (Å²) < 4.78 is 26.8. The number of likely N-dealkylation sites (N-methyl/N-ethyl adjacent to an activating group) is 1. The number of aldehydes is 1. The second-order valence-electron chi connectivity index (χ2n) is 20.5. The number of fused-ring (bicyclic) bond motifs is 6. The summed E-state index contributed by atoms with van der Waals surface area (Å²) in [6, 6.07) is 13.6. The van der Waals surface area contributed by atoms with Crippen molar-refractivity contribution in [1.29, 1.82) is 0 Å². The van der Waals surface area contributed by atoms with Gasteiger partial charge in [0.05, 0.1) is 42.9 Å². The van der Waals surface area contributed by atoms with Crippen LogP contribution >= 0.6 is 0 Å². The van der Waals surface area contributed by atoms with E-state index in [0.29, 0.717) is 57.4 Å². The number of rotatable bonds is 11. The van der Waals surface area contributed by atoms with Gasteiger partial charge in [-0.1, -0.05) is 39.8 Å². The molecule has 0 aliphatic carbocycles. The maximum absolute atomic E-state index is 14.9. The van der Waals surface area contributed by atoms with Crippen LogP contribution in [0.2, 0.25) is 0 Å². The SMILES string of the molecule is CCn1c(-c2cccnc2[C@H](C)OC)c2c3cc(ccc31)-c1cc(O)cc(c1)C[C@H](NC(=O)[C@H](C(C)C)N(C)C(=O)C1CCC(C3CCCO3)O1)C(=O)N1CCC[C@](C=O)(COCC(C)(C)C2)N1. The number of carbonyl (C=O) groups is 4. The zero-order chi connectivity index (χ0) is 48.5. The molecular weight excluding hydrogens is 865 g/mol. The molecule has 2 aromatic heterocycles. The number of aromatic nitrogens is 2. The maximum atomic E-state index is 14.9. The number of hydrogen-bond donors (Lipinski definition) is 3. The van der Waals surface area contributed by atoms with Gasteiger partial charge in [-0.3, -0.25) is 24.4 Å². The van der Waals surface area contributed by atoms with Crippen LogP contribution in [-0.4, -0.2) is 125 Å². The second kappa shape index (κ2) is 20.4. The lowest BCUT2D eigenvalue weighted by Gasteiger charge is -2.42. The molecule has 4 aliphatic rings. The van der Waals surface area contributed by atoms with Crippen molar-refractivity contribution in [2.75, 3.05) is 40.5 Å². The highest BCUT2D eigenvalue weighted by atomic mass is 16.6. The molecule has 6 heterocycles. The molecule has 4 aromatic rings. The smallest absolute Gasteiger partial charge is 0.259 e. The van der Waals surface area contributed by atoms with Gasteiger partial charge in [0, 0.05) is 62.9 Å². The molecule has 2 aromatic carbocycles. The molecule has 3 unspecified atom stereocenters. The summed E-state index contributed by atoms with van der Waals surface area (Å²) in [5.41, 5.74) is 8.79. The van der Waals surface area contributed by atoms with Gasteiger partial charge < -0.3 is 43.6 Å². The first-order chi connectivity index (χ1) is 32.6. The number of hydrazine groups is 1. The van der Waals surface area contributed by atoms with Crippen LogP contribution < -0.4 is 10.7 Å². The fraction of sp³-hybridized carbons (Fsp3) is 0.566. The Kier molecular flexibility index (Phi) is 14.8. The van der Waals surface area contributed by atoms with Gasteiger partial charge in [-0.25, -0.2) is 5.43 Å². The zero-order valence-corrected chi connectivity index (χ0v) is 41.0. The van der Waals surface area contributed by atoms with Crippen LogP contribution in [0.3, 0.4) is 0 Å². The van der Waals surface area contributed by atoms with Crippen molar-refractivity contribution in [2.24, 2.45) is 11.3 Å². The van der Waals surface area contributed by atoms with E-state index in [0.717, 1.165) is 63.7 Å². The minimum absolute atomic E-state index is 0.00253. The van der Waals surface area contributed by atoms with Crippen molar-refractivity contribution in [3.63, 3.8) is 0 Å². The van der Waals surface area contributed by atoms with Crippen molar-refractivity contribution in [2.45, 2.75) is 141 Å².